The monoisotopic (exact) mass is 546 g/mol. The lowest BCUT2D eigenvalue weighted by atomic mass is 9.73. The van der Waals surface area contributed by atoms with Gasteiger partial charge < -0.3 is 26.6 Å². The Balaban J connectivity index is 1.40. The van der Waals surface area contributed by atoms with E-state index in [0.717, 1.165) is 31.5 Å². The van der Waals surface area contributed by atoms with Crippen LogP contribution in [0, 0.1) is 11.3 Å². The van der Waals surface area contributed by atoms with Gasteiger partial charge in [0.15, 0.2) is 0 Å². The first kappa shape index (κ1) is 29.9. The lowest BCUT2D eigenvalue weighted by Crippen LogP contribution is -2.59. The van der Waals surface area contributed by atoms with Crippen LogP contribution in [0.5, 0.6) is 0 Å². The number of nitrogens with one attached hydrogen (secondary N) is 3. The normalized spacial score (nSPS) is 18.4. The maximum absolute atomic E-state index is 12.9. The number of carbonyl (C=O) groups excluding carboxylic acids is 4. The predicted octanol–water partition coefficient (Wildman–Crippen LogP) is 0.522. The molecule has 0 radical (unpaired) electrons. The Hall–Kier alpha value is -2.63. The number of amides is 4. The number of hydrogen-bond donors (Lipinski definition) is 4. The zero-order chi connectivity index (χ0) is 27.7. The summed E-state index contributed by atoms with van der Waals surface area (Å²) in [7, 11) is 0. The van der Waals surface area contributed by atoms with Crippen LogP contribution in [0.4, 0.5) is 0 Å². The van der Waals surface area contributed by atoms with Gasteiger partial charge in [-0.25, -0.2) is 4.31 Å². The van der Waals surface area contributed by atoms with Crippen LogP contribution in [0.1, 0.15) is 38.7 Å². The molecule has 4 amide bonds. The number of benzene rings is 1. The number of nitrogens with two attached hydrogens (primary N) is 1. The van der Waals surface area contributed by atoms with Crippen molar-refractivity contribution in [3.63, 3.8) is 0 Å². The summed E-state index contributed by atoms with van der Waals surface area (Å²) in [6.45, 7) is 7.06. The molecule has 3 rings (SSSR count). The molecule has 11 heteroatoms. The highest BCUT2D eigenvalue weighted by Crippen LogP contribution is 2.42. The Bertz CT molecular complexity index is 960. The number of carbonyl (C=O) groups is 4. The van der Waals surface area contributed by atoms with Gasteiger partial charge >= 0.3 is 0 Å². The molecule has 2 aliphatic heterocycles. The number of likely N-dealkylation sites (tertiary alicyclic amines) is 1. The van der Waals surface area contributed by atoms with Gasteiger partial charge in [-0.2, -0.15) is 0 Å². The summed E-state index contributed by atoms with van der Waals surface area (Å²) < 4.78 is 2.34. The Kier molecular flexibility index (Phi) is 11.0. The van der Waals surface area contributed by atoms with E-state index in [2.05, 4.69) is 26.5 Å². The molecule has 2 saturated heterocycles. The largest absolute Gasteiger partial charge is 0.346 e. The first-order valence-electron chi connectivity index (χ1n) is 13.3. The highest BCUT2D eigenvalue weighted by atomic mass is 32.2. The summed E-state index contributed by atoms with van der Waals surface area (Å²) in [5.74, 6) is -1.30. The second-order valence-corrected chi connectivity index (χ2v) is 11.7. The molecule has 38 heavy (non-hydrogen) atoms. The molecule has 0 bridgehead atoms. The van der Waals surface area contributed by atoms with Crippen molar-refractivity contribution in [1.82, 2.24) is 25.2 Å². The SMILES string of the molecule is CSN1CC2(CCN(C(=O)CNC(=O)C(CC(C)C)NC(=O)CNC(=O)C(N)Cc3ccccc3)CC2)C1. The molecule has 2 unspecified atom stereocenters. The molecule has 2 atom stereocenters. The van der Waals surface area contributed by atoms with Gasteiger partial charge in [-0.05, 0) is 43.4 Å². The van der Waals surface area contributed by atoms with Gasteiger partial charge in [-0.15, -0.1) is 0 Å². The minimum Gasteiger partial charge on any atom is -0.346 e. The van der Waals surface area contributed by atoms with E-state index in [1.54, 1.807) is 11.9 Å². The molecule has 2 fully saturated rings. The van der Waals surface area contributed by atoms with Crippen LogP contribution in [-0.4, -0.2) is 90.4 Å². The zero-order valence-corrected chi connectivity index (χ0v) is 23.5. The van der Waals surface area contributed by atoms with Crippen LogP contribution < -0.4 is 21.7 Å². The third kappa shape index (κ3) is 8.71. The molecule has 0 aliphatic carbocycles. The molecule has 5 N–H and O–H groups in total. The van der Waals surface area contributed by atoms with Crippen LogP contribution in [-0.2, 0) is 25.6 Å². The minimum absolute atomic E-state index is 0.0989. The van der Waals surface area contributed by atoms with Crippen molar-refractivity contribution in [2.45, 2.75) is 51.6 Å². The number of rotatable bonds is 12. The molecule has 2 heterocycles. The van der Waals surface area contributed by atoms with E-state index in [1.165, 1.54) is 0 Å². The van der Waals surface area contributed by atoms with Crippen molar-refractivity contribution in [2.75, 3.05) is 45.5 Å². The van der Waals surface area contributed by atoms with Crippen molar-refractivity contribution >= 4 is 35.6 Å². The van der Waals surface area contributed by atoms with E-state index in [9.17, 15) is 19.2 Å². The molecule has 1 aromatic rings. The predicted molar refractivity (Wildman–Crippen MR) is 149 cm³/mol. The molecule has 2 aliphatic rings. The Morgan fingerprint density at radius 3 is 2.24 bits per heavy atom. The number of hydrogen-bond acceptors (Lipinski definition) is 7. The molecule has 1 spiro atoms. The topological polar surface area (TPSA) is 137 Å². The number of nitrogens with zero attached hydrogens (tertiary/aromatic N) is 2. The van der Waals surface area contributed by atoms with Crippen LogP contribution in [0.3, 0.4) is 0 Å². The summed E-state index contributed by atoms with van der Waals surface area (Å²) in [4.78, 5) is 52.3. The third-order valence-electron chi connectivity index (χ3n) is 7.29. The highest BCUT2D eigenvalue weighted by Gasteiger charge is 2.45. The molecular weight excluding hydrogens is 504 g/mol. The van der Waals surface area contributed by atoms with Gasteiger partial charge in [0.05, 0.1) is 19.1 Å². The summed E-state index contributed by atoms with van der Waals surface area (Å²) in [5.41, 5.74) is 7.23. The Morgan fingerprint density at radius 2 is 1.63 bits per heavy atom. The summed E-state index contributed by atoms with van der Waals surface area (Å²) in [6, 6.07) is 7.81. The van der Waals surface area contributed by atoms with E-state index in [4.69, 9.17) is 5.73 Å². The van der Waals surface area contributed by atoms with Gasteiger partial charge in [0.2, 0.25) is 23.6 Å². The minimum atomic E-state index is -0.803. The van der Waals surface area contributed by atoms with Crippen LogP contribution in [0.15, 0.2) is 30.3 Å². The lowest BCUT2D eigenvalue weighted by Gasteiger charge is -2.53. The summed E-state index contributed by atoms with van der Waals surface area (Å²) in [5, 5.41) is 7.94. The van der Waals surface area contributed by atoms with E-state index < -0.39 is 29.8 Å². The molecule has 0 saturated carbocycles. The summed E-state index contributed by atoms with van der Waals surface area (Å²) in [6.07, 6.45) is 4.81. The smallest absolute Gasteiger partial charge is 0.243 e. The lowest BCUT2D eigenvalue weighted by molar-refractivity contribution is -0.136. The average molecular weight is 547 g/mol. The van der Waals surface area contributed by atoms with Crippen molar-refractivity contribution in [2.24, 2.45) is 17.1 Å². The van der Waals surface area contributed by atoms with Gasteiger partial charge in [-0.3, -0.25) is 19.2 Å². The molecule has 10 nitrogen and oxygen atoms in total. The van der Waals surface area contributed by atoms with Crippen molar-refractivity contribution in [3.8, 4) is 0 Å². The summed E-state index contributed by atoms with van der Waals surface area (Å²) >= 11 is 1.76. The maximum Gasteiger partial charge on any atom is 0.243 e. The van der Waals surface area contributed by atoms with E-state index in [1.807, 2.05) is 49.1 Å². The third-order valence-corrected chi connectivity index (χ3v) is 8.06. The van der Waals surface area contributed by atoms with Crippen LogP contribution >= 0.6 is 11.9 Å². The average Bonchev–Trinajstić information content (AvgIpc) is 2.88. The van der Waals surface area contributed by atoms with Crippen LogP contribution in [0.25, 0.3) is 0 Å². The second-order valence-electron chi connectivity index (χ2n) is 10.8. The second kappa shape index (κ2) is 14.0. The van der Waals surface area contributed by atoms with Crippen molar-refractivity contribution in [1.29, 1.82) is 0 Å². The van der Waals surface area contributed by atoms with Gasteiger partial charge in [0.1, 0.15) is 6.04 Å². The van der Waals surface area contributed by atoms with E-state index in [-0.39, 0.29) is 24.9 Å². The number of piperidine rings is 1. The van der Waals surface area contributed by atoms with E-state index >= 15 is 0 Å². The molecule has 210 valence electrons. The molecule has 0 aromatic heterocycles. The Morgan fingerprint density at radius 1 is 1.00 bits per heavy atom. The first-order chi connectivity index (χ1) is 18.1. The van der Waals surface area contributed by atoms with Gasteiger partial charge in [-0.1, -0.05) is 56.1 Å². The van der Waals surface area contributed by atoms with Gasteiger partial charge in [0, 0.05) is 31.6 Å². The highest BCUT2D eigenvalue weighted by molar-refractivity contribution is 7.96. The molecular formula is C27H42N6O4S. The fraction of sp³-hybridized carbons (Fsp3) is 0.630. The van der Waals surface area contributed by atoms with Crippen molar-refractivity contribution in [3.05, 3.63) is 35.9 Å². The van der Waals surface area contributed by atoms with Crippen LogP contribution in [0.2, 0.25) is 0 Å². The van der Waals surface area contributed by atoms with Crippen molar-refractivity contribution < 1.29 is 19.2 Å². The Labute approximate surface area is 229 Å². The fourth-order valence-corrected chi connectivity index (χ4v) is 5.79. The first-order valence-corrected chi connectivity index (χ1v) is 14.5. The van der Waals surface area contributed by atoms with E-state index in [0.29, 0.717) is 31.3 Å². The zero-order valence-electron chi connectivity index (χ0n) is 22.7. The molecule has 1 aromatic carbocycles. The van der Waals surface area contributed by atoms with Gasteiger partial charge in [0.25, 0.3) is 0 Å². The quantitative estimate of drug-likeness (QED) is 0.281. The standard InChI is InChI=1S/C27H42N6O4S/c1-19(2)13-22(31-23(34)15-29-25(36)21(28)14-20-7-5-4-6-8-20)26(37)30-16-24(35)32-11-9-27(10-12-32)17-33(18-27)38-3/h4-8,19,21-22H,9-18,28H2,1-3H3,(H,29,36)(H,30,37)(H,31,34). The fourth-order valence-electron chi connectivity index (χ4n) is 4.98. The maximum atomic E-state index is 12.9.